The Labute approximate surface area is 153 Å². The molecule has 0 spiro atoms. The summed E-state index contributed by atoms with van der Waals surface area (Å²) in [5, 5.41) is 0.901. The number of benzene rings is 1. The van der Waals surface area contributed by atoms with Crippen molar-refractivity contribution in [3.8, 4) is 5.75 Å². The summed E-state index contributed by atoms with van der Waals surface area (Å²) in [5.41, 5.74) is 1.08. The molecule has 2 aromatic rings. The molecule has 140 valence electrons. The van der Waals surface area contributed by atoms with Gasteiger partial charge in [0.15, 0.2) is 6.10 Å². The highest BCUT2D eigenvalue weighted by Gasteiger charge is 2.23. The summed E-state index contributed by atoms with van der Waals surface area (Å²) in [5.74, 6) is 0.776. The number of carbonyl (C=O) groups is 1. The van der Waals surface area contributed by atoms with Crippen LogP contribution < -0.4 is 10.4 Å². The lowest BCUT2D eigenvalue weighted by Crippen LogP contribution is -2.40. The van der Waals surface area contributed by atoms with Crippen molar-refractivity contribution in [1.82, 2.24) is 4.90 Å². The lowest BCUT2D eigenvalue weighted by Gasteiger charge is -2.24. The van der Waals surface area contributed by atoms with Gasteiger partial charge in [0.2, 0.25) is 0 Å². The van der Waals surface area contributed by atoms with Gasteiger partial charge >= 0.3 is 5.63 Å². The molecule has 1 atom stereocenters. The number of likely N-dealkylation sites (tertiary alicyclic amines) is 1. The maximum Gasteiger partial charge on any atom is 0.336 e. The zero-order valence-electron chi connectivity index (χ0n) is 15.8. The topological polar surface area (TPSA) is 59.8 Å². The van der Waals surface area contributed by atoms with E-state index in [1.807, 2.05) is 30.9 Å². The van der Waals surface area contributed by atoms with E-state index in [0.29, 0.717) is 11.3 Å². The minimum atomic E-state index is -0.564. The number of ether oxygens (including phenoxy) is 1. The molecule has 1 aromatic carbocycles. The van der Waals surface area contributed by atoms with Crippen molar-refractivity contribution in [2.24, 2.45) is 0 Å². The van der Waals surface area contributed by atoms with Crippen molar-refractivity contribution < 1.29 is 13.9 Å². The van der Waals surface area contributed by atoms with Crippen LogP contribution >= 0.6 is 0 Å². The molecule has 2 heterocycles. The summed E-state index contributed by atoms with van der Waals surface area (Å²) in [6.07, 6.45) is 3.90. The van der Waals surface area contributed by atoms with E-state index in [2.05, 4.69) is 0 Å². The Morgan fingerprint density at radius 1 is 1.08 bits per heavy atom. The van der Waals surface area contributed by atoms with E-state index in [4.69, 9.17) is 9.15 Å². The number of hydrogen-bond donors (Lipinski definition) is 0. The number of rotatable bonds is 4. The van der Waals surface area contributed by atoms with Crippen molar-refractivity contribution in [3.63, 3.8) is 0 Å². The molecule has 1 aliphatic rings. The number of amides is 1. The van der Waals surface area contributed by atoms with Gasteiger partial charge in [-0.2, -0.15) is 0 Å². The van der Waals surface area contributed by atoms with Gasteiger partial charge in [-0.3, -0.25) is 4.79 Å². The predicted molar refractivity (Wildman–Crippen MR) is 102 cm³/mol. The standard InChI is InChI=1S/C21H27NO4/c1-14(2)18-13-20(23)26-19-12-16(8-9-17(18)19)25-15(3)21(24)22-10-6-4-5-7-11-22/h8-9,12-15H,4-7,10-11H2,1-3H3. The molecule has 1 saturated heterocycles. The van der Waals surface area contributed by atoms with Crippen LogP contribution in [0.3, 0.4) is 0 Å². The Morgan fingerprint density at radius 2 is 1.77 bits per heavy atom. The van der Waals surface area contributed by atoms with Gasteiger partial charge in [-0.25, -0.2) is 4.79 Å². The fraction of sp³-hybridized carbons (Fsp3) is 0.524. The molecule has 0 N–H and O–H groups in total. The summed E-state index contributed by atoms with van der Waals surface area (Å²) < 4.78 is 11.2. The number of carbonyl (C=O) groups excluding carboxylic acids is 1. The van der Waals surface area contributed by atoms with Crippen LogP contribution in [0.1, 0.15) is 57.9 Å². The third kappa shape index (κ3) is 4.09. The van der Waals surface area contributed by atoms with Gasteiger partial charge in [0.05, 0.1) is 0 Å². The molecule has 0 bridgehead atoms. The van der Waals surface area contributed by atoms with Gasteiger partial charge in [0.1, 0.15) is 11.3 Å². The summed E-state index contributed by atoms with van der Waals surface area (Å²) in [7, 11) is 0. The molecule has 0 saturated carbocycles. The average molecular weight is 357 g/mol. The Morgan fingerprint density at radius 3 is 2.42 bits per heavy atom. The van der Waals surface area contributed by atoms with Gasteiger partial charge in [-0.15, -0.1) is 0 Å². The molecule has 0 aliphatic carbocycles. The molecular weight excluding hydrogens is 330 g/mol. The van der Waals surface area contributed by atoms with Crippen LogP contribution in [0.25, 0.3) is 11.0 Å². The second kappa shape index (κ2) is 7.94. The van der Waals surface area contributed by atoms with Crippen LogP contribution in [0.4, 0.5) is 0 Å². The van der Waals surface area contributed by atoms with E-state index in [-0.39, 0.29) is 17.5 Å². The van der Waals surface area contributed by atoms with Crippen molar-refractivity contribution in [1.29, 1.82) is 0 Å². The first-order valence-electron chi connectivity index (χ1n) is 9.49. The minimum absolute atomic E-state index is 0.0179. The van der Waals surface area contributed by atoms with Crippen molar-refractivity contribution in [2.75, 3.05) is 13.1 Å². The molecule has 3 rings (SSSR count). The first kappa shape index (κ1) is 18.5. The molecule has 5 heteroatoms. The smallest absolute Gasteiger partial charge is 0.336 e. The maximum atomic E-state index is 12.6. The first-order valence-corrected chi connectivity index (χ1v) is 9.49. The van der Waals surface area contributed by atoms with Crippen LogP contribution in [0.2, 0.25) is 0 Å². The monoisotopic (exact) mass is 357 g/mol. The molecular formula is C21H27NO4. The van der Waals surface area contributed by atoms with Gasteiger partial charge < -0.3 is 14.1 Å². The average Bonchev–Trinajstić information content (AvgIpc) is 2.89. The summed E-state index contributed by atoms with van der Waals surface area (Å²) in [6, 6.07) is 6.97. The van der Waals surface area contributed by atoms with Gasteiger partial charge in [0.25, 0.3) is 5.91 Å². The third-order valence-electron chi connectivity index (χ3n) is 4.95. The molecule has 5 nitrogen and oxygen atoms in total. The molecule has 1 amide bonds. The summed E-state index contributed by atoms with van der Waals surface area (Å²) >= 11 is 0. The highest BCUT2D eigenvalue weighted by atomic mass is 16.5. The quantitative estimate of drug-likeness (QED) is 0.774. The largest absolute Gasteiger partial charge is 0.481 e. The normalized spacial score (nSPS) is 16.5. The van der Waals surface area contributed by atoms with Crippen LogP contribution in [-0.2, 0) is 4.79 Å². The Kier molecular flexibility index (Phi) is 5.64. The van der Waals surface area contributed by atoms with Gasteiger partial charge in [-0.1, -0.05) is 26.7 Å². The molecule has 26 heavy (non-hydrogen) atoms. The van der Waals surface area contributed by atoms with Crippen molar-refractivity contribution >= 4 is 16.9 Å². The Balaban J connectivity index is 1.80. The predicted octanol–water partition coefficient (Wildman–Crippen LogP) is 4.09. The first-order chi connectivity index (χ1) is 12.5. The van der Waals surface area contributed by atoms with Crippen molar-refractivity contribution in [3.05, 3.63) is 40.2 Å². The van der Waals surface area contributed by atoms with E-state index in [0.717, 1.165) is 36.9 Å². The van der Waals surface area contributed by atoms with E-state index in [1.54, 1.807) is 19.1 Å². The van der Waals surface area contributed by atoms with E-state index >= 15 is 0 Å². The van der Waals surface area contributed by atoms with Crippen LogP contribution in [0.15, 0.2) is 33.5 Å². The molecule has 1 fully saturated rings. The van der Waals surface area contributed by atoms with Crippen LogP contribution in [0, 0.1) is 0 Å². The maximum absolute atomic E-state index is 12.6. The third-order valence-corrected chi connectivity index (χ3v) is 4.95. The minimum Gasteiger partial charge on any atom is -0.481 e. The van der Waals surface area contributed by atoms with E-state index in [9.17, 15) is 9.59 Å². The zero-order chi connectivity index (χ0) is 18.7. The highest BCUT2D eigenvalue weighted by molar-refractivity contribution is 5.83. The summed E-state index contributed by atoms with van der Waals surface area (Å²) in [6.45, 7) is 7.47. The van der Waals surface area contributed by atoms with Gasteiger partial charge in [0, 0.05) is 30.6 Å². The fourth-order valence-electron chi connectivity index (χ4n) is 3.52. The van der Waals surface area contributed by atoms with E-state index < -0.39 is 6.10 Å². The lowest BCUT2D eigenvalue weighted by molar-refractivity contribution is -0.137. The number of nitrogens with zero attached hydrogens (tertiary/aromatic N) is 1. The highest BCUT2D eigenvalue weighted by Crippen LogP contribution is 2.27. The lowest BCUT2D eigenvalue weighted by atomic mass is 10.00. The molecule has 1 aromatic heterocycles. The Hall–Kier alpha value is -2.30. The number of hydrogen-bond acceptors (Lipinski definition) is 4. The van der Waals surface area contributed by atoms with Crippen molar-refractivity contribution in [2.45, 2.75) is 58.5 Å². The van der Waals surface area contributed by atoms with Gasteiger partial charge in [-0.05, 0) is 43.4 Å². The Bertz CT molecular complexity index is 832. The molecule has 0 radical (unpaired) electrons. The fourth-order valence-corrected chi connectivity index (χ4v) is 3.52. The van der Waals surface area contributed by atoms with E-state index in [1.165, 1.54) is 12.8 Å². The molecule has 1 unspecified atom stereocenters. The second-order valence-electron chi connectivity index (χ2n) is 7.33. The zero-order valence-corrected chi connectivity index (χ0v) is 15.8. The second-order valence-corrected chi connectivity index (χ2v) is 7.33. The van der Waals surface area contributed by atoms with Crippen LogP contribution in [-0.4, -0.2) is 30.0 Å². The molecule has 1 aliphatic heterocycles. The van der Waals surface area contributed by atoms with Crippen LogP contribution in [0.5, 0.6) is 5.75 Å². The number of fused-ring (bicyclic) bond motifs is 1. The summed E-state index contributed by atoms with van der Waals surface area (Å²) in [4.78, 5) is 26.4. The SMILES string of the molecule is CC(Oc1ccc2c(C(C)C)cc(=O)oc2c1)C(=O)N1CCCCCC1.